The number of nitrogens with zero attached hydrogens (tertiary/aromatic N) is 4. The molecule has 25 heavy (non-hydrogen) atoms. The zero-order chi connectivity index (χ0) is 18.4. The summed E-state index contributed by atoms with van der Waals surface area (Å²) in [5, 5.41) is 11.5. The molecule has 1 aromatic carbocycles. The van der Waals surface area contributed by atoms with E-state index in [2.05, 4.69) is 20.1 Å². The molecule has 0 saturated carbocycles. The van der Waals surface area contributed by atoms with E-state index in [-0.39, 0.29) is 18.9 Å². The number of ether oxygens (including phenoxy) is 2. The normalized spacial score (nSPS) is 11.7. The Hall–Kier alpha value is -2.91. The summed E-state index contributed by atoms with van der Waals surface area (Å²) in [5.74, 6) is -0.516. The standard InChI is InChI=1S/C15H15F3N4O3/c1-3-24-14(23)7-5-11-4-6-13(25-15(16,17)18)8-12(11)9-22-20-10(2)19-21-22/h4-8H,3,9H2,1-2H3/b7-5+. The zero-order valence-corrected chi connectivity index (χ0v) is 13.4. The quantitative estimate of drug-likeness (QED) is 0.585. The molecule has 0 fully saturated rings. The van der Waals surface area contributed by atoms with Crippen LogP contribution >= 0.6 is 0 Å². The Morgan fingerprint density at radius 3 is 2.72 bits per heavy atom. The predicted molar refractivity (Wildman–Crippen MR) is 80.4 cm³/mol. The van der Waals surface area contributed by atoms with E-state index in [0.29, 0.717) is 17.0 Å². The first kappa shape index (κ1) is 18.4. The van der Waals surface area contributed by atoms with E-state index in [4.69, 9.17) is 4.74 Å². The summed E-state index contributed by atoms with van der Waals surface area (Å²) in [6.45, 7) is 3.57. The Balaban J connectivity index is 2.31. The fourth-order valence-corrected chi connectivity index (χ4v) is 1.97. The van der Waals surface area contributed by atoms with Crippen LogP contribution in [0.25, 0.3) is 6.08 Å². The highest BCUT2D eigenvalue weighted by atomic mass is 19.4. The summed E-state index contributed by atoms with van der Waals surface area (Å²) in [7, 11) is 0. The lowest BCUT2D eigenvalue weighted by Gasteiger charge is -2.12. The summed E-state index contributed by atoms with van der Waals surface area (Å²) in [4.78, 5) is 12.6. The van der Waals surface area contributed by atoms with Crippen molar-refractivity contribution in [3.8, 4) is 5.75 Å². The molecule has 0 aliphatic rings. The number of carbonyl (C=O) groups is 1. The number of hydrogen-bond donors (Lipinski definition) is 0. The van der Waals surface area contributed by atoms with E-state index in [1.807, 2.05) is 0 Å². The Kier molecular flexibility index (Phi) is 5.73. The van der Waals surface area contributed by atoms with Gasteiger partial charge in [-0.3, -0.25) is 0 Å². The van der Waals surface area contributed by atoms with Crippen LogP contribution < -0.4 is 4.74 Å². The van der Waals surface area contributed by atoms with Crippen molar-refractivity contribution in [1.29, 1.82) is 0 Å². The Morgan fingerprint density at radius 2 is 2.12 bits per heavy atom. The van der Waals surface area contributed by atoms with Crippen LogP contribution in [0.1, 0.15) is 23.9 Å². The number of alkyl halides is 3. The minimum absolute atomic E-state index is 0.0540. The predicted octanol–water partition coefficient (Wildman–Crippen LogP) is 2.50. The van der Waals surface area contributed by atoms with Crippen molar-refractivity contribution in [3.05, 3.63) is 41.2 Å². The monoisotopic (exact) mass is 356 g/mol. The van der Waals surface area contributed by atoms with Crippen molar-refractivity contribution in [2.75, 3.05) is 6.61 Å². The number of esters is 1. The third-order valence-electron chi connectivity index (χ3n) is 2.90. The number of carbonyl (C=O) groups excluding carboxylic acids is 1. The Labute approximate surface area is 141 Å². The highest BCUT2D eigenvalue weighted by Gasteiger charge is 2.31. The number of halogens is 3. The molecule has 0 bridgehead atoms. The molecule has 0 saturated heterocycles. The van der Waals surface area contributed by atoms with Crippen LogP contribution in [-0.4, -0.2) is 39.1 Å². The van der Waals surface area contributed by atoms with Gasteiger partial charge < -0.3 is 9.47 Å². The number of aryl methyl sites for hydroxylation is 1. The molecule has 0 aliphatic heterocycles. The fourth-order valence-electron chi connectivity index (χ4n) is 1.97. The van der Waals surface area contributed by atoms with Gasteiger partial charge in [0.05, 0.1) is 13.2 Å². The van der Waals surface area contributed by atoms with Crippen molar-refractivity contribution in [3.63, 3.8) is 0 Å². The molecule has 1 aromatic heterocycles. The summed E-state index contributed by atoms with van der Waals surface area (Å²) >= 11 is 0. The van der Waals surface area contributed by atoms with Crippen molar-refractivity contribution in [2.45, 2.75) is 26.8 Å². The van der Waals surface area contributed by atoms with Crippen LogP contribution in [0, 0.1) is 6.92 Å². The molecule has 0 N–H and O–H groups in total. The van der Waals surface area contributed by atoms with Gasteiger partial charge in [-0.1, -0.05) is 6.07 Å². The third-order valence-corrected chi connectivity index (χ3v) is 2.90. The summed E-state index contributed by atoms with van der Waals surface area (Å²) in [5.41, 5.74) is 0.914. The van der Waals surface area contributed by atoms with Gasteiger partial charge in [-0.05, 0) is 48.4 Å². The van der Waals surface area contributed by atoms with Crippen molar-refractivity contribution < 1.29 is 27.4 Å². The lowest BCUT2D eigenvalue weighted by molar-refractivity contribution is -0.274. The van der Waals surface area contributed by atoms with Crippen molar-refractivity contribution in [1.82, 2.24) is 20.2 Å². The lowest BCUT2D eigenvalue weighted by Crippen LogP contribution is -2.17. The molecule has 1 heterocycles. The molecular formula is C15H15F3N4O3. The second-order valence-electron chi connectivity index (χ2n) is 4.86. The van der Waals surface area contributed by atoms with Gasteiger partial charge >= 0.3 is 12.3 Å². The molecule has 7 nitrogen and oxygen atoms in total. The second kappa shape index (κ2) is 7.77. The van der Waals surface area contributed by atoms with Crippen LogP contribution in [0.15, 0.2) is 24.3 Å². The molecule has 0 amide bonds. The average Bonchev–Trinajstić information content (AvgIpc) is 2.90. The maximum absolute atomic E-state index is 12.4. The maximum Gasteiger partial charge on any atom is 0.573 e. The average molecular weight is 356 g/mol. The summed E-state index contributed by atoms with van der Waals surface area (Å²) < 4.78 is 45.9. The molecule has 0 radical (unpaired) electrons. The summed E-state index contributed by atoms with van der Waals surface area (Å²) in [6, 6.07) is 3.76. The highest BCUT2D eigenvalue weighted by Crippen LogP contribution is 2.26. The largest absolute Gasteiger partial charge is 0.573 e. The van der Waals surface area contributed by atoms with Gasteiger partial charge in [-0.2, -0.15) is 4.80 Å². The van der Waals surface area contributed by atoms with Crippen LogP contribution in [0.2, 0.25) is 0 Å². The topological polar surface area (TPSA) is 79.1 Å². The molecular weight excluding hydrogens is 341 g/mol. The first-order chi connectivity index (χ1) is 11.8. The fraction of sp³-hybridized carbons (Fsp3) is 0.333. The molecule has 2 rings (SSSR count). The number of hydrogen-bond acceptors (Lipinski definition) is 6. The number of aromatic nitrogens is 4. The number of rotatable bonds is 6. The maximum atomic E-state index is 12.4. The first-order valence-electron chi connectivity index (χ1n) is 7.24. The Bertz CT molecular complexity index is 772. The molecule has 134 valence electrons. The minimum atomic E-state index is -4.80. The number of tetrazole rings is 1. The van der Waals surface area contributed by atoms with Gasteiger partial charge in [0.25, 0.3) is 0 Å². The SMILES string of the molecule is CCOC(=O)/C=C/c1ccc(OC(F)(F)F)cc1Cn1nnc(C)n1. The molecule has 0 unspecified atom stereocenters. The summed E-state index contributed by atoms with van der Waals surface area (Å²) in [6.07, 6.45) is -2.18. The van der Waals surface area contributed by atoms with Gasteiger partial charge in [0.15, 0.2) is 5.82 Å². The first-order valence-corrected chi connectivity index (χ1v) is 7.24. The van der Waals surface area contributed by atoms with E-state index < -0.39 is 12.3 Å². The molecule has 0 aliphatic carbocycles. The van der Waals surface area contributed by atoms with E-state index in [0.717, 1.165) is 6.07 Å². The van der Waals surface area contributed by atoms with Gasteiger partial charge in [-0.15, -0.1) is 23.4 Å². The van der Waals surface area contributed by atoms with E-state index >= 15 is 0 Å². The van der Waals surface area contributed by atoms with Gasteiger partial charge in [-0.25, -0.2) is 4.79 Å². The smallest absolute Gasteiger partial charge is 0.463 e. The highest BCUT2D eigenvalue weighted by molar-refractivity contribution is 5.87. The molecule has 10 heteroatoms. The van der Waals surface area contributed by atoms with Gasteiger partial charge in [0, 0.05) is 6.08 Å². The number of benzene rings is 1. The Morgan fingerprint density at radius 1 is 1.36 bits per heavy atom. The van der Waals surface area contributed by atoms with E-state index in [1.54, 1.807) is 13.8 Å². The zero-order valence-electron chi connectivity index (χ0n) is 13.4. The van der Waals surface area contributed by atoms with Gasteiger partial charge in [0.2, 0.25) is 0 Å². The minimum Gasteiger partial charge on any atom is -0.463 e. The lowest BCUT2D eigenvalue weighted by atomic mass is 10.1. The van der Waals surface area contributed by atoms with Crippen molar-refractivity contribution >= 4 is 12.0 Å². The van der Waals surface area contributed by atoms with Crippen molar-refractivity contribution in [2.24, 2.45) is 0 Å². The van der Waals surface area contributed by atoms with E-state index in [1.165, 1.54) is 29.1 Å². The van der Waals surface area contributed by atoms with Crippen LogP contribution in [0.5, 0.6) is 5.75 Å². The van der Waals surface area contributed by atoms with Crippen LogP contribution in [0.4, 0.5) is 13.2 Å². The second-order valence-corrected chi connectivity index (χ2v) is 4.86. The van der Waals surface area contributed by atoms with E-state index in [9.17, 15) is 18.0 Å². The van der Waals surface area contributed by atoms with Gasteiger partial charge in [0.1, 0.15) is 5.75 Å². The van der Waals surface area contributed by atoms with Crippen LogP contribution in [0.3, 0.4) is 0 Å². The molecule has 0 atom stereocenters. The van der Waals surface area contributed by atoms with Crippen LogP contribution in [-0.2, 0) is 16.1 Å². The molecule has 2 aromatic rings. The molecule has 0 spiro atoms. The third kappa shape index (κ3) is 5.90.